The molecule has 4 nitrogen and oxygen atoms in total. The van der Waals surface area contributed by atoms with Crippen molar-refractivity contribution in [3.8, 4) is 0 Å². The van der Waals surface area contributed by atoms with Gasteiger partial charge in [0, 0.05) is 29.9 Å². The van der Waals surface area contributed by atoms with Gasteiger partial charge in [0.15, 0.2) is 0 Å². The highest BCUT2D eigenvalue weighted by molar-refractivity contribution is 6.04. The Morgan fingerprint density at radius 1 is 1.12 bits per heavy atom. The quantitative estimate of drug-likeness (QED) is 0.850. The molecule has 0 unspecified atom stereocenters. The van der Waals surface area contributed by atoms with Gasteiger partial charge in [0.25, 0.3) is 0 Å². The number of fused-ring (bicyclic) bond motifs is 3. The largest absolute Gasteiger partial charge is 0.326 e. The van der Waals surface area contributed by atoms with Gasteiger partial charge in [-0.3, -0.25) is 4.90 Å². The van der Waals surface area contributed by atoms with Crippen molar-refractivity contribution in [3.63, 3.8) is 0 Å². The molecule has 0 aliphatic carbocycles. The van der Waals surface area contributed by atoms with Gasteiger partial charge < -0.3 is 10.2 Å². The van der Waals surface area contributed by atoms with Crippen molar-refractivity contribution < 1.29 is 4.79 Å². The summed E-state index contributed by atoms with van der Waals surface area (Å²) in [4.78, 5) is 17.5. The Kier molecular flexibility index (Phi) is 4.00. The molecule has 1 saturated heterocycles. The summed E-state index contributed by atoms with van der Waals surface area (Å²) in [5, 5.41) is 3.10. The highest BCUT2D eigenvalue weighted by Crippen LogP contribution is 2.45. The number of anilines is 2. The van der Waals surface area contributed by atoms with Crippen LogP contribution in [0.25, 0.3) is 0 Å². The number of benzene rings is 2. The van der Waals surface area contributed by atoms with Crippen molar-refractivity contribution >= 4 is 17.4 Å². The monoisotopic (exact) mass is 335 g/mol. The van der Waals surface area contributed by atoms with Crippen LogP contribution >= 0.6 is 0 Å². The lowest BCUT2D eigenvalue weighted by Crippen LogP contribution is -2.48. The SMILES string of the molecule is Cc1cccc(NC(=O)N2c3ccc(C)cc3[C@H]3CN(C)CC[C@H]32)c1. The van der Waals surface area contributed by atoms with Gasteiger partial charge >= 0.3 is 6.03 Å². The summed E-state index contributed by atoms with van der Waals surface area (Å²) in [6.07, 6.45) is 1.01. The van der Waals surface area contributed by atoms with Gasteiger partial charge in [-0.2, -0.15) is 0 Å². The summed E-state index contributed by atoms with van der Waals surface area (Å²) < 4.78 is 0. The maximum atomic E-state index is 13.1. The lowest BCUT2D eigenvalue weighted by molar-refractivity contribution is 0.224. The minimum absolute atomic E-state index is 0.0206. The van der Waals surface area contributed by atoms with E-state index >= 15 is 0 Å². The Balaban J connectivity index is 1.67. The summed E-state index contributed by atoms with van der Waals surface area (Å²) in [6.45, 7) is 6.20. The van der Waals surface area contributed by atoms with E-state index in [0.717, 1.165) is 36.4 Å². The molecule has 2 heterocycles. The van der Waals surface area contributed by atoms with E-state index in [-0.39, 0.29) is 12.1 Å². The van der Waals surface area contributed by atoms with Crippen molar-refractivity contribution in [1.82, 2.24) is 4.90 Å². The number of aryl methyl sites for hydroxylation is 2. The van der Waals surface area contributed by atoms with E-state index in [4.69, 9.17) is 0 Å². The second-order valence-electron chi connectivity index (χ2n) is 7.46. The number of urea groups is 1. The van der Waals surface area contributed by atoms with Crippen LogP contribution in [0.15, 0.2) is 42.5 Å². The molecule has 1 N–H and O–H groups in total. The van der Waals surface area contributed by atoms with E-state index in [0.29, 0.717) is 5.92 Å². The molecule has 0 aromatic heterocycles. The number of amides is 2. The normalized spacial score (nSPS) is 22.4. The predicted octanol–water partition coefficient (Wildman–Crippen LogP) is 4.14. The van der Waals surface area contributed by atoms with Crippen LogP contribution in [0.5, 0.6) is 0 Å². The van der Waals surface area contributed by atoms with Crippen molar-refractivity contribution in [2.75, 3.05) is 30.4 Å². The molecule has 2 aromatic carbocycles. The Labute approximate surface area is 149 Å². The second-order valence-corrected chi connectivity index (χ2v) is 7.46. The number of hydrogen-bond acceptors (Lipinski definition) is 2. The van der Waals surface area contributed by atoms with Gasteiger partial charge in [0.2, 0.25) is 0 Å². The zero-order valence-corrected chi connectivity index (χ0v) is 15.1. The van der Waals surface area contributed by atoms with Gasteiger partial charge in [0.1, 0.15) is 0 Å². The number of rotatable bonds is 1. The molecular formula is C21H25N3O. The zero-order chi connectivity index (χ0) is 17.6. The van der Waals surface area contributed by atoms with E-state index in [1.165, 1.54) is 11.1 Å². The Bertz CT molecular complexity index is 817. The van der Waals surface area contributed by atoms with Crippen LogP contribution in [0.3, 0.4) is 0 Å². The maximum absolute atomic E-state index is 13.1. The summed E-state index contributed by atoms with van der Waals surface area (Å²) in [5.74, 6) is 0.400. The molecule has 0 bridgehead atoms. The van der Waals surface area contributed by atoms with Gasteiger partial charge in [-0.15, -0.1) is 0 Å². The molecule has 1 fully saturated rings. The second kappa shape index (κ2) is 6.19. The standard InChI is InChI=1S/C21H25N3O/c1-14-5-4-6-16(11-14)22-21(25)24-19-8-7-15(2)12-17(19)18-13-23(3)10-9-20(18)24/h4-8,11-12,18,20H,9-10,13H2,1-3H3,(H,22,25)/t18-,20-/m1/s1. The highest BCUT2D eigenvalue weighted by atomic mass is 16.2. The minimum Gasteiger partial charge on any atom is -0.308 e. The number of nitrogens with zero attached hydrogens (tertiary/aromatic N) is 2. The number of carbonyl (C=O) groups is 1. The van der Waals surface area contributed by atoms with E-state index in [1.807, 2.05) is 36.1 Å². The molecule has 2 aromatic rings. The Morgan fingerprint density at radius 3 is 2.72 bits per heavy atom. The number of nitrogens with one attached hydrogen (secondary N) is 1. The summed E-state index contributed by atoms with van der Waals surface area (Å²) in [6, 6.07) is 14.7. The fraction of sp³-hybridized carbons (Fsp3) is 0.381. The highest BCUT2D eigenvalue weighted by Gasteiger charge is 2.43. The summed E-state index contributed by atoms with van der Waals surface area (Å²) in [7, 11) is 2.17. The van der Waals surface area contributed by atoms with Crippen molar-refractivity contribution in [3.05, 3.63) is 59.2 Å². The number of piperidine rings is 1. The first kappa shape index (κ1) is 16.2. The number of likely N-dealkylation sites (tertiary alicyclic amines) is 1. The molecule has 2 aliphatic heterocycles. The predicted molar refractivity (Wildman–Crippen MR) is 102 cm³/mol. The van der Waals surface area contributed by atoms with Crippen LogP contribution in [-0.4, -0.2) is 37.1 Å². The molecule has 2 amide bonds. The van der Waals surface area contributed by atoms with Crippen LogP contribution in [0.4, 0.5) is 16.2 Å². The average Bonchev–Trinajstić information content (AvgIpc) is 2.88. The third-order valence-corrected chi connectivity index (χ3v) is 5.44. The molecule has 0 radical (unpaired) electrons. The molecule has 2 atom stereocenters. The third kappa shape index (κ3) is 2.91. The van der Waals surface area contributed by atoms with Crippen molar-refractivity contribution in [1.29, 1.82) is 0 Å². The fourth-order valence-corrected chi connectivity index (χ4v) is 4.25. The average molecular weight is 335 g/mol. The lowest BCUT2D eigenvalue weighted by Gasteiger charge is -2.36. The van der Waals surface area contributed by atoms with Crippen LogP contribution < -0.4 is 10.2 Å². The summed E-state index contributed by atoms with van der Waals surface area (Å²) in [5.41, 5.74) is 5.64. The smallest absolute Gasteiger partial charge is 0.308 e. The first-order valence-corrected chi connectivity index (χ1v) is 8.99. The topological polar surface area (TPSA) is 35.6 Å². The van der Waals surface area contributed by atoms with E-state index < -0.39 is 0 Å². The minimum atomic E-state index is -0.0206. The van der Waals surface area contributed by atoms with Crippen LogP contribution in [0, 0.1) is 13.8 Å². The van der Waals surface area contributed by atoms with Gasteiger partial charge in [-0.1, -0.05) is 29.8 Å². The van der Waals surface area contributed by atoms with Crippen LogP contribution in [0.1, 0.15) is 29.0 Å². The van der Waals surface area contributed by atoms with Crippen LogP contribution in [-0.2, 0) is 0 Å². The Morgan fingerprint density at radius 2 is 1.92 bits per heavy atom. The molecule has 130 valence electrons. The van der Waals surface area contributed by atoms with Crippen LogP contribution in [0.2, 0.25) is 0 Å². The third-order valence-electron chi connectivity index (χ3n) is 5.44. The Hall–Kier alpha value is -2.33. The van der Waals surface area contributed by atoms with E-state index in [9.17, 15) is 4.79 Å². The van der Waals surface area contributed by atoms with Gasteiger partial charge in [0.05, 0.1) is 0 Å². The number of carbonyl (C=O) groups excluding carboxylic acids is 1. The molecule has 4 rings (SSSR count). The summed E-state index contributed by atoms with van der Waals surface area (Å²) >= 11 is 0. The first-order chi connectivity index (χ1) is 12.0. The molecule has 2 aliphatic rings. The van der Waals surface area contributed by atoms with E-state index in [1.54, 1.807) is 0 Å². The van der Waals surface area contributed by atoms with Gasteiger partial charge in [-0.25, -0.2) is 4.79 Å². The molecule has 25 heavy (non-hydrogen) atoms. The maximum Gasteiger partial charge on any atom is 0.326 e. The molecule has 0 saturated carbocycles. The first-order valence-electron chi connectivity index (χ1n) is 8.99. The molecular weight excluding hydrogens is 310 g/mol. The number of likely N-dealkylation sites (N-methyl/N-ethyl adjacent to an activating group) is 1. The van der Waals surface area contributed by atoms with Crippen molar-refractivity contribution in [2.45, 2.75) is 32.2 Å². The molecule has 0 spiro atoms. The van der Waals surface area contributed by atoms with Gasteiger partial charge in [-0.05, 0) is 63.2 Å². The lowest BCUT2D eigenvalue weighted by atomic mass is 9.89. The number of hydrogen-bond donors (Lipinski definition) is 1. The molecule has 4 heteroatoms. The fourth-order valence-electron chi connectivity index (χ4n) is 4.25. The van der Waals surface area contributed by atoms with Crippen molar-refractivity contribution in [2.24, 2.45) is 0 Å². The zero-order valence-electron chi connectivity index (χ0n) is 15.1. The van der Waals surface area contributed by atoms with E-state index in [2.05, 4.69) is 42.4 Å².